The third kappa shape index (κ3) is 7.19. The molecule has 2 aromatic rings. The molecule has 0 saturated carbocycles. The number of ether oxygens (including phenoxy) is 1. The van der Waals surface area contributed by atoms with Crippen LogP contribution < -0.4 is 5.32 Å². The van der Waals surface area contributed by atoms with Crippen LogP contribution in [-0.2, 0) is 16.0 Å². The maximum atomic E-state index is 14.3. The van der Waals surface area contributed by atoms with E-state index < -0.39 is 6.17 Å². The smallest absolute Gasteiger partial charge is 0.272 e. The Bertz CT molecular complexity index is 1260. The van der Waals surface area contributed by atoms with E-state index in [1.807, 2.05) is 28.9 Å². The largest absolute Gasteiger partial charge is 0.378 e. The molecule has 1 aromatic carbocycles. The van der Waals surface area contributed by atoms with Gasteiger partial charge in [0.15, 0.2) is 0 Å². The van der Waals surface area contributed by atoms with E-state index in [1.165, 1.54) is 0 Å². The lowest BCUT2D eigenvalue weighted by atomic mass is 9.94. The van der Waals surface area contributed by atoms with Crippen LogP contribution in [0.3, 0.4) is 0 Å². The molecular weight excluding hydrogens is 568 g/mol. The van der Waals surface area contributed by atoms with Gasteiger partial charge in [-0.15, -0.1) is 0 Å². The van der Waals surface area contributed by atoms with E-state index in [2.05, 4.69) is 5.32 Å². The van der Waals surface area contributed by atoms with Crippen molar-refractivity contribution in [2.45, 2.75) is 76.5 Å². The molecule has 1 aromatic heterocycles. The Morgan fingerprint density at radius 1 is 1.02 bits per heavy atom. The number of benzene rings is 1. The van der Waals surface area contributed by atoms with Crippen LogP contribution in [0.25, 0.3) is 0 Å². The number of hydrogen-bond donors (Lipinski definition) is 1. The third-order valence-corrected chi connectivity index (χ3v) is 9.39. The highest BCUT2D eigenvalue weighted by atomic mass is 35.5. The molecule has 11 heteroatoms. The van der Waals surface area contributed by atoms with Crippen LogP contribution in [0.2, 0.25) is 10.0 Å². The highest BCUT2D eigenvalue weighted by Crippen LogP contribution is 2.30. The average molecular weight is 607 g/mol. The Morgan fingerprint density at radius 2 is 1.73 bits per heavy atom. The lowest BCUT2D eigenvalue weighted by Gasteiger charge is -2.36. The molecule has 0 aliphatic carbocycles. The van der Waals surface area contributed by atoms with Gasteiger partial charge in [-0.25, -0.2) is 14.4 Å². The van der Waals surface area contributed by atoms with E-state index in [4.69, 9.17) is 37.9 Å². The molecule has 1 N–H and O–H groups in total. The van der Waals surface area contributed by atoms with Crippen molar-refractivity contribution in [1.29, 1.82) is 0 Å². The molecule has 2 amide bonds. The second-order valence-corrected chi connectivity index (χ2v) is 12.2. The van der Waals surface area contributed by atoms with Crippen molar-refractivity contribution in [2.75, 3.05) is 39.4 Å². The van der Waals surface area contributed by atoms with Crippen molar-refractivity contribution >= 4 is 35.0 Å². The number of likely N-dealkylation sites (tertiary alicyclic amines) is 2. The molecule has 222 valence electrons. The molecule has 0 unspecified atom stereocenters. The molecule has 4 heterocycles. The van der Waals surface area contributed by atoms with Crippen molar-refractivity contribution in [3.05, 3.63) is 56.6 Å². The van der Waals surface area contributed by atoms with Crippen molar-refractivity contribution in [1.82, 2.24) is 25.1 Å². The molecular formula is C30H38Cl2FN5O3. The number of aromatic nitrogens is 2. The van der Waals surface area contributed by atoms with Crippen LogP contribution >= 0.6 is 23.2 Å². The Kier molecular flexibility index (Phi) is 9.79. The van der Waals surface area contributed by atoms with Crippen LogP contribution in [0.1, 0.15) is 78.1 Å². The second kappa shape index (κ2) is 13.3. The molecule has 3 aliphatic rings. The standard InChI is InChI=1S/C30H38Cl2FN5O3/c1-18-27(16-20-3-4-23(31)24(32)15-20)35-29(21-5-10-37(11-6-21)19(2)39)36-28(18)30(40)38-12-7-22(8-13-38)34-26-9-14-41-17-25(26)33/h3-4,15,21-22,25-26,34H,5-14,16-17H2,1-2H3/t25-,26+/m0/s1. The zero-order chi connectivity index (χ0) is 29.1. The Hall–Kier alpha value is -2.33. The molecule has 41 heavy (non-hydrogen) atoms. The number of carbonyl (C=O) groups excluding carboxylic acids is 2. The van der Waals surface area contributed by atoms with Crippen LogP contribution in [0, 0.1) is 6.92 Å². The van der Waals surface area contributed by atoms with E-state index in [9.17, 15) is 14.0 Å². The van der Waals surface area contributed by atoms with Gasteiger partial charge in [0.25, 0.3) is 5.91 Å². The summed E-state index contributed by atoms with van der Waals surface area (Å²) in [6, 6.07) is 5.49. The number of nitrogens with one attached hydrogen (secondary N) is 1. The molecule has 0 bridgehead atoms. The van der Waals surface area contributed by atoms with Crippen molar-refractivity contribution in [3.8, 4) is 0 Å². The van der Waals surface area contributed by atoms with E-state index in [-0.39, 0.29) is 36.4 Å². The second-order valence-electron chi connectivity index (χ2n) is 11.4. The number of alkyl halides is 1. The fraction of sp³-hybridized carbons (Fsp3) is 0.600. The normalized spacial score (nSPS) is 22.7. The van der Waals surface area contributed by atoms with Crippen molar-refractivity contribution in [3.63, 3.8) is 0 Å². The summed E-state index contributed by atoms with van der Waals surface area (Å²) in [6.07, 6.45) is 3.17. The number of rotatable bonds is 6. The van der Waals surface area contributed by atoms with Gasteiger partial charge in [0.1, 0.15) is 17.7 Å². The third-order valence-electron chi connectivity index (χ3n) is 8.65. The maximum absolute atomic E-state index is 14.3. The maximum Gasteiger partial charge on any atom is 0.272 e. The number of nitrogens with zero attached hydrogens (tertiary/aromatic N) is 4. The highest BCUT2D eigenvalue weighted by molar-refractivity contribution is 6.42. The van der Waals surface area contributed by atoms with Gasteiger partial charge in [-0.2, -0.15) is 0 Å². The number of hydrogen-bond acceptors (Lipinski definition) is 6. The van der Waals surface area contributed by atoms with Gasteiger partial charge in [-0.1, -0.05) is 29.3 Å². The first-order chi connectivity index (χ1) is 19.7. The summed E-state index contributed by atoms with van der Waals surface area (Å²) in [4.78, 5) is 39.3. The lowest BCUT2D eigenvalue weighted by Crippen LogP contribution is -2.52. The van der Waals surface area contributed by atoms with Crippen LogP contribution in [-0.4, -0.2) is 89.2 Å². The first-order valence-corrected chi connectivity index (χ1v) is 15.3. The predicted octanol–water partition coefficient (Wildman–Crippen LogP) is 4.73. The molecule has 5 rings (SSSR count). The van der Waals surface area contributed by atoms with Gasteiger partial charge >= 0.3 is 0 Å². The molecule has 3 aliphatic heterocycles. The number of piperidine rings is 2. The Morgan fingerprint density at radius 3 is 2.39 bits per heavy atom. The van der Waals surface area contributed by atoms with Crippen LogP contribution in [0.5, 0.6) is 0 Å². The van der Waals surface area contributed by atoms with E-state index in [1.54, 1.807) is 13.0 Å². The molecule has 0 radical (unpaired) electrons. The number of amides is 2. The van der Waals surface area contributed by atoms with Crippen molar-refractivity contribution in [2.24, 2.45) is 0 Å². The van der Waals surface area contributed by atoms with E-state index in [0.717, 1.165) is 42.5 Å². The molecule has 0 spiro atoms. The first kappa shape index (κ1) is 30.1. The average Bonchev–Trinajstić information content (AvgIpc) is 2.97. The minimum atomic E-state index is -0.998. The summed E-state index contributed by atoms with van der Waals surface area (Å²) < 4.78 is 19.5. The zero-order valence-corrected chi connectivity index (χ0v) is 25.2. The Labute approximate surface area is 250 Å². The molecule has 3 saturated heterocycles. The van der Waals surface area contributed by atoms with Crippen LogP contribution in [0.4, 0.5) is 4.39 Å². The summed E-state index contributed by atoms with van der Waals surface area (Å²) in [5.41, 5.74) is 2.92. The van der Waals surface area contributed by atoms with Gasteiger partial charge in [0.2, 0.25) is 5.91 Å². The minimum absolute atomic E-state index is 0.0633. The van der Waals surface area contributed by atoms with Gasteiger partial charge in [0, 0.05) is 69.7 Å². The van der Waals surface area contributed by atoms with Gasteiger partial charge < -0.3 is 19.9 Å². The summed E-state index contributed by atoms with van der Waals surface area (Å²) in [5, 5.41) is 4.42. The van der Waals surface area contributed by atoms with E-state index in [0.29, 0.717) is 67.2 Å². The number of halogens is 3. The van der Waals surface area contributed by atoms with Gasteiger partial charge in [0.05, 0.1) is 22.3 Å². The topological polar surface area (TPSA) is 87.7 Å². The molecule has 2 atom stereocenters. The van der Waals surface area contributed by atoms with Gasteiger partial charge in [-0.3, -0.25) is 9.59 Å². The summed E-state index contributed by atoms with van der Waals surface area (Å²) in [6.45, 7) is 6.66. The fourth-order valence-corrected chi connectivity index (χ4v) is 6.35. The SMILES string of the molecule is CC(=O)N1CCC(c2nc(Cc3ccc(Cl)c(Cl)c3)c(C)c(C(=O)N3CCC(N[C@@H]4CCOC[C@@H]4F)CC3)n2)CC1. The Balaban J connectivity index is 1.35. The van der Waals surface area contributed by atoms with E-state index >= 15 is 0 Å². The van der Waals surface area contributed by atoms with Gasteiger partial charge in [-0.05, 0) is 56.7 Å². The molecule has 3 fully saturated rings. The summed E-state index contributed by atoms with van der Waals surface area (Å²) >= 11 is 12.4. The summed E-state index contributed by atoms with van der Waals surface area (Å²) in [5.74, 6) is 0.687. The zero-order valence-electron chi connectivity index (χ0n) is 23.7. The fourth-order valence-electron chi connectivity index (χ4n) is 6.03. The van der Waals surface area contributed by atoms with Crippen LogP contribution in [0.15, 0.2) is 18.2 Å². The minimum Gasteiger partial charge on any atom is -0.378 e. The summed E-state index contributed by atoms with van der Waals surface area (Å²) in [7, 11) is 0. The number of carbonyl (C=O) groups is 2. The monoisotopic (exact) mass is 605 g/mol. The highest BCUT2D eigenvalue weighted by Gasteiger charge is 2.32. The first-order valence-electron chi connectivity index (χ1n) is 14.5. The predicted molar refractivity (Wildman–Crippen MR) is 156 cm³/mol. The quantitative estimate of drug-likeness (QED) is 0.512. The lowest BCUT2D eigenvalue weighted by molar-refractivity contribution is -0.129. The van der Waals surface area contributed by atoms with Crippen molar-refractivity contribution < 1.29 is 18.7 Å². The molecule has 8 nitrogen and oxygen atoms in total.